The minimum absolute atomic E-state index is 0.0413. The van der Waals surface area contributed by atoms with Crippen LogP contribution in [-0.2, 0) is 9.53 Å². The van der Waals surface area contributed by atoms with Crippen molar-refractivity contribution >= 4 is 34.6 Å². The van der Waals surface area contributed by atoms with Gasteiger partial charge in [-0.1, -0.05) is 0 Å². The first-order chi connectivity index (χ1) is 13.0. The topological polar surface area (TPSA) is 97.8 Å². The van der Waals surface area contributed by atoms with Crippen molar-refractivity contribution < 1.29 is 23.9 Å². The van der Waals surface area contributed by atoms with Gasteiger partial charge >= 0.3 is 0 Å². The Labute approximate surface area is 160 Å². The zero-order valence-corrected chi connectivity index (χ0v) is 15.6. The summed E-state index contributed by atoms with van der Waals surface area (Å²) in [4.78, 5) is 41.5. The largest absolute Gasteiger partial charge is 0.484 e. The fourth-order valence-electron chi connectivity index (χ4n) is 2.42. The second-order valence-electron chi connectivity index (χ2n) is 5.85. The van der Waals surface area contributed by atoms with E-state index in [2.05, 4.69) is 10.3 Å². The van der Waals surface area contributed by atoms with Crippen LogP contribution >= 0.6 is 11.3 Å². The van der Waals surface area contributed by atoms with Gasteiger partial charge in [-0.15, -0.1) is 11.3 Å². The van der Waals surface area contributed by atoms with Crippen LogP contribution in [0.2, 0.25) is 0 Å². The number of anilines is 1. The van der Waals surface area contributed by atoms with Crippen LogP contribution in [0.25, 0.3) is 0 Å². The Bertz CT molecular complexity index is 828. The van der Waals surface area contributed by atoms with E-state index in [4.69, 9.17) is 9.47 Å². The molecule has 0 unspecified atom stereocenters. The number of nitrogens with zero attached hydrogens (tertiary/aromatic N) is 2. The van der Waals surface area contributed by atoms with E-state index in [1.165, 1.54) is 13.1 Å². The molecule has 1 N–H and O–H groups in total. The zero-order valence-electron chi connectivity index (χ0n) is 14.8. The minimum Gasteiger partial charge on any atom is -0.484 e. The number of thiazole rings is 1. The number of ether oxygens (including phenoxy) is 2. The number of ketones is 1. The van der Waals surface area contributed by atoms with Crippen molar-refractivity contribution in [3.8, 4) is 5.75 Å². The molecule has 0 bridgehead atoms. The van der Waals surface area contributed by atoms with Gasteiger partial charge in [-0.2, -0.15) is 0 Å². The fraction of sp³-hybridized carbons (Fsp3) is 0.333. The Hall–Kier alpha value is -2.78. The summed E-state index contributed by atoms with van der Waals surface area (Å²) in [5.74, 6) is -0.0586. The average Bonchev–Trinajstić information content (AvgIpc) is 3.19. The van der Waals surface area contributed by atoms with Crippen molar-refractivity contribution in [2.24, 2.45) is 0 Å². The van der Waals surface area contributed by atoms with Crippen molar-refractivity contribution in [1.82, 2.24) is 9.88 Å². The molecule has 8 nitrogen and oxygen atoms in total. The number of hydrogen-bond donors (Lipinski definition) is 1. The van der Waals surface area contributed by atoms with Crippen LogP contribution in [0.4, 0.5) is 5.69 Å². The molecule has 2 aromatic rings. The summed E-state index contributed by atoms with van der Waals surface area (Å²) < 4.78 is 10.7. The minimum atomic E-state index is -0.337. The lowest BCUT2D eigenvalue weighted by Crippen LogP contribution is -2.42. The van der Waals surface area contributed by atoms with E-state index in [1.54, 1.807) is 29.2 Å². The molecule has 27 heavy (non-hydrogen) atoms. The highest BCUT2D eigenvalue weighted by Crippen LogP contribution is 2.19. The number of carbonyl (C=O) groups is 3. The molecule has 3 rings (SSSR count). The predicted octanol–water partition coefficient (Wildman–Crippen LogP) is 1.84. The van der Waals surface area contributed by atoms with Gasteiger partial charge in [-0.3, -0.25) is 14.4 Å². The van der Waals surface area contributed by atoms with Crippen LogP contribution < -0.4 is 10.1 Å². The number of amides is 2. The molecule has 1 aromatic heterocycles. The van der Waals surface area contributed by atoms with Gasteiger partial charge in [0.25, 0.3) is 11.8 Å². The lowest BCUT2D eigenvalue weighted by molar-refractivity contribution is -0.137. The maximum atomic E-state index is 12.2. The van der Waals surface area contributed by atoms with E-state index in [1.807, 2.05) is 0 Å². The van der Waals surface area contributed by atoms with Gasteiger partial charge in [-0.25, -0.2) is 4.98 Å². The fourth-order valence-corrected chi connectivity index (χ4v) is 3.12. The number of nitrogens with one attached hydrogen (secondary N) is 1. The first-order valence-electron chi connectivity index (χ1n) is 8.39. The normalized spacial score (nSPS) is 13.9. The van der Waals surface area contributed by atoms with E-state index in [0.717, 1.165) is 11.3 Å². The maximum absolute atomic E-state index is 12.2. The molecule has 1 aromatic carbocycles. The molecule has 2 heterocycles. The third-order valence-electron chi connectivity index (χ3n) is 3.87. The van der Waals surface area contributed by atoms with E-state index < -0.39 is 0 Å². The van der Waals surface area contributed by atoms with Crippen molar-refractivity contribution in [1.29, 1.82) is 0 Å². The lowest BCUT2D eigenvalue weighted by atomic mass is 10.3. The van der Waals surface area contributed by atoms with Gasteiger partial charge in [0.1, 0.15) is 10.6 Å². The van der Waals surface area contributed by atoms with Crippen LogP contribution in [0.1, 0.15) is 26.4 Å². The van der Waals surface area contributed by atoms with Crippen LogP contribution in [0, 0.1) is 0 Å². The van der Waals surface area contributed by atoms with Crippen LogP contribution in [0.3, 0.4) is 0 Å². The van der Waals surface area contributed by atoms with Crippen molar-refractivity contribution in [3.05, 3.63) is 40.3 Å². The first kappa shape index (κ1) is 19.0. The maximum Gasteiger partial charge on any atom is 0.267 e. The van der Waals surface area contributed by atoms with E-state index in [-0.39, 0.29) is 24.2 Å². The summed E-state index contributed by atoms with van der Waals surface area (Å²) in [5.41, 5.74) is 0.574. The number of rotatable bonds is 6. The molecule has 1 aliphatic rings. The molecule has 9 heteroatoms. The number of benzene rings is 1. The summed E-state index contributed by atoms with van der Waals surface area (Å²) in [6.07, 6.45) is 1.38. The van der Waals surface area contributed by atoms with Gasteiger partial charge in [0.2, 0.25) is 0 Å². The molecular weight excluding hydrogens is 370 g/mol. The smallest absolute Gasteiger partial charge is 0.267 e. The Kier molecular flexibility index (Phi) is 6.15. The number of aromatic nitrogens is 1. The molecule has 1 aliphatic heterocycles. The summed E-state index contributed by atoms with van der Waals surface area (Å²) in [6.45, 7) is 3.62. The third kappa shape index (κ3) is 5.11. The highest BCUT2D eigenvalue weighted by Gasteiger charge is 2.17. The molecular formula is C18H19N3O5S. The Morgan fingerprint density at radius 3 is 2.56 bits per heavy atom. The number of Topliss-reactive ketones (excluding diaryl/α,β-unsaturated/α-hetero) is 1. The molecule has 142 valence electrons. The SMILES string of the molecule is CC(=O)c1ncc(C(=O)Nc2ccc(OCC(=O)N3CCOCC3)cc2)s1. The first-order valence-corrected chi connectivity index (χ1v) is 9.21. The molecule has 2 amide bonds. The summed E-state index contributed by atoms with van der Waals surface area (Å²) in [5, 5.41) is 3.03. The number of carbonyl (C=O) groups excluding carboxylic acids is 3. The molecule has 0 spiro atoms. The second-order valence-corrected chi connectivity index (χ2v) is 6.88. The average molecular weight is 389 g/mol. The van der Waals surface area contributed by atoms with Crippen molar-refractivity contribution in [2.75, 3.05) is 38.2 Å². The highest BCUT2D eigenvalue weighted by atomic mass is 32.1. The van der Waals surface area contributed by atoms with Gasteiger partial charge in [0.15, 0.2) is 17.4 Å². The van der Waals surface area contributed by atoms with Crippen molar-refractivity contribution in [3.63, 3.8) is 0 Å². The molecule has 1 saturated heterocycles. The monoisotopic (exact) mass is 389 g/mol. The van der Waals surface area contributed by atoms with Gasteiger partial charge in [0.05, 0.1) is 19.4 Å². The molecule has 0 radical (unpaired) electrons. The standard InChI is InChI=1S/C18H19N3O5S/c1-12(22)18-19-10-15(27-18)17(24)20-13-2-4-14(5-3-13)26-11-16(23)21-6-8-25-9-7-21/h2-5,10H,6-9,11H2,1H3,(H,20,24). The number of hydrogen-bond acceptors (Lipinski definition) is 7. The van der Waals surface area contributed by atoms with Gasteiger partial charge in [0, 0.05) is 25.7 Å². The quantitative estimate of drug-likeness (QED) is 0.757. The highest BCUT2D eigenvalue weighted by molar-refractivity contribution is 7.15. The molecule has 0 aliphatic carbocycles. The Morgan fingerprint density at radius 1 is 1.22 bits per heavy atom. The van der Waals surface area contributed by atoms with E-state index in [9.17, 15) is 14.4 Å². The molecule has 0 saturated carbocycles. The zero-order chi connectivity index (χ0) is 19.2. The van der Waals surface area contributed by atoms with E-state index >= 15 is 0 Å². The molecule has 1 fully saturated rings. The number of morpholine rings is 1. The Morgan fingerprint density at radius 2 is 1.93 bits per heavy atom. The summed E-state index contributed by atoms with van der Waals surface area (Å²) >= 11 is 1.05. The summed E-state index contributed by atoms with van der Waals surface area (Å²) in [6, 6.07) is 6.71. The molecule has 0 atom stereocenters. The third-order valence-corrected chi connectivity index (χ3v) is 4.97. The van der Waals surface area contributed by atoms with E-state index in [0.29, 0.717) is 47.6 Å². The summed E-state index contributed by atoms with van der Waals surface area (Å²) in [7, 11) is 0. The predicted molar refractivity (Wildman–Crippen MR) is 99.4 cm³/mol. The second kappa shape index (κ2) is 8.74. The van der Waals surface area contributed by atoms with Gasteiger partial charge in [-0.05, 0) is 24.3 Å². The lowest BCUT2D eigenvalue weighted by Gasteiger charge is -2.26. The van der Waals surface area contributed by atoms with Crippen LogP contribution in [0.5, 0.6) is 5.75 Å². The van der Waals surface area contributed by atoms with Crippen LogP contribution in [-0.4, -0.2) is 60.4 Å². The van der Waals surface area contributed by atoms with Gasteiger partial charge < -0.3 is 19.7 Å². The van der Waals surface area contributed by atoms with Crippen molar-refractivity contribution in [2.45, 2.75) is 6.92 Å². The Balaban J connectivity index is 1.51. The van der Waals surface area contributed by atoms with Crippen LogP contribution in [0.15, 0.2) is 30.5 Å².